The first-order valence-electron chi connectivity index (χ1n) is 9.11. The Morgan fingerprint density at radius 1 is 1.10 bits per heavy atom. The molecule has 0 atom stereocenters. The summed E-state index contributed by atoms with van der Waals surface area (Å²) >= 11 is 0. The van der Waals surface area contributed by atoms with Crippen LogP contribution >= 0.6 is 0 Å². The van der Waals surface area contributed by atoms with Crippen molar-refractivity contribution in [1.82, 2.24) is 20.3 Å². The smallest absolute Gasteiger partial charge is 0.275 e. The van der Waals surface area contributed by atoms with Gasteiger partial charge >= 0.3 is 0 Å². The van der Waals surface area contributed by atoms with Crippen LogP contribution in [0.1, 0.15) is 23.0 Å². The number of nitrogens with zero attached hydrogens (tertiary/aromatic N) is 3. The van der Waals surface area contributed by atoms with Gasteiger partial charge in [-0.15, -0.1) is 5.10 Å². The number of nitrogen functional groups attached to an aromatic ring is 1. The largest absolute Gasteiger partial charge is 0.492 e. The predicted molar refractivity (Wildman–Crippen MR) is 108 cm³/mol. The monoisotopic (exact) mass is 394 g/mol. The molecule has 0 unspecified atom stereocenters. The minimum absolute atomic E-state index is 0.0174. The molecule has 9 heteroatoms. The number of carbonyl (C=O) groups is 2. The Morgan fingerprint density at radius 2 is 1.83 bits per heavy atom. The highest BCUT2D eigenvalue weighted by molar-refractivity contribution is 5.97. The number of nitrogens with one attached hydrogen (secondary N) is 2. The molecule has 3 rings (SSSR count). The Labute approximate surface area is 167 Å². The highest BCUT2D eigenvalue weighted by Gasteiger charge is 2.19. The van der Waals surface area contributed by atoms with Gasteiger partial charge in [0.25, 0.3) is 5.91 Å². The molecule has 0 aliphatic rings. The molecule has 1 aromatic heterocycles. The first kappa shape index (κ1) is 19.9. The molecule has 9 nitrogen and oxygen atoms in total. The van der Waals surface area contributed by atoms with Gasteiger partial charge in [-0.3, -0.25) is 9.59 Å². The molecule has 1 heterocycles. The quantitative estimate of drug-likeness (QED) is 0.535. The molecule has 2 amide bonds. The summed E-state index contributed by atoms with van der Waals surface area (Å²) in [6.07, 6.45) is 0. The molecule has 0 radical (unpaired) electrons. The highest BCUT2D eigenvalue weighted by Crippen LogP contribution is 2.23. The third kappa shape index (κ3) is 5.10. The zero-order valence-corrected chi connectivity index (χ0v) is 16.0. The molecule has 3 aromatic rings. The van der Waals surface area contributed by atoms with Gasteiger partial charge in [0, 0.05) is 6.54 Å². The number of para-hydroxylation sites is 2. The third-order valence-corrected chi connectivity index (χ3v) is 4.04. The molecule has 0 aliphatic heterocycles. The van der Waals surface area contributed by atoms with E-state index in [-0.39, 0.29) is 24.0 Å². The molecule has 4 N–H and O–H groups in total. The SMILES string of the molecule is CCOc1ccccc1NC(=O)Cn1nnc(C(=O)NCc2ccccc2)c1N. The average molecular weight is 394 g/mol. The molecule has 0 aliphatic carbocycles. The number of amides is 2. The fourth-order valence-electron chi connectivity index (χ4n) is 2.64. The first-order valence-corrected chi connectivity index (χ1v) is 9.11. The number of carbonyl (C=O) groups excluding carboxylic acids is 2. The second kappa shape index (κ2) is 9.36. The minimum atomic E-state index is -0.459. The van der Waals surface area contributed by atoms with Crippen molar-refractivity contribution in [1.29, 1.82) is 0 Å². The summed E-state index contributed by atoms with van der Waals surface area (Å²) < 4.78 is 6.66. The minimum Gasteiger partial charge on any atom is -0.492 e. The van der Waals surface area contributed by atoms with Crippen LogP contribution in [0.2, 0.25) is 0 Å². The van der Waals surface area contributed by atoms with Crippen LogP contribution in [0.15, 0.2) is 54.6 Å². The van der Waals surface area contributed by atoms with Crippen molar-refractivity contribution in [2.75, 3.05) is 17.7 Å². The second-order valence-corrected chi connectivity index (χ2v) is 6.13. The Morgan fingerprint density at radius 3 is 2.59 bits per heavy atom. The van der Waals surface area contributed by atoms with Gasteiger partial charge in [0.15, 0.2) is 11.5 Å². The number of anilines is 2. The maximum absolute atomic E-state index is 12.4. The van der Waals surface area contributed by atoms with E-state index in [0.717, 1.165) is 5.56 Å². The summed E-state index contributed by atoms with van der Waals surface area (Å²) in [5.74, 6) is -0.246. The van der Waals surface area contributed by atoms with Crippen LogP contribution in [-0.4, -0.2) is 33.4 Å². The maximum Gasteiger partial charge on any atom is 0.275 e. The van der Waals surface area contributed by atoms with Crippen LogP contribution in [0.3, 0.4) is 0 Å². The fraction of sp³-hybridized carbons (Fsp3) is 0.200. The van der Waals surface area contributed by atoms with Crippen LogP contribution in [0.4, 0.5) is 11.5 Å². The summed E-state index contributed by atoms with van der Waals surface area (Å²) in [5, 5.41) is 13.1. The molecule has 0 saturated heterocycles. The van der Waals surface area contributed by atoms with E-state index in [4.69, 9.17) is 10.5 Å². The summed E-state index contributed by atoms with van der Waals surface area (Å²) in [7, 11) is 0. The van der Waals surface area contributed by atoms with Crippen molar-refractivity contribution in [3.63, 3.8) is 0 Å². The van der Waals surface area contributed by atoms with E-state index in [1.807, 2.05) is 43.3 Å². The Bertz CT molecular complexity index is 987. The summed E-state index contributed by atoms with van der Waals surface area (Å²) in [4.78, 5) is 24.7. The summed E-state index contributed by atoms with van der Waals surface area (Å²) in [6.45, 7) is 2.48. The van der Waals surface area contributed by atoms with Crippen LogP contribution in [0, 0.1) is 0 Å². The second-order valence-electron chi connectivity index (χ2n) is 6.13. The number of hydrogen-bond acceptors (Lipinski definition) is 6. The van der Waals surface area contributed by atoms with Gasteiger partial charge in [-0.2, -0.15) is 0 Å². The van der Waals surface area contributed by atoms with Crippen molar-refractivity contribution >= 4 is 23.3 Å². The number of hydrogen-bond donors (Lipinski definition) is 3. The number of aromatic nitrogens is 3. The lowest BCUT2D eigenvalue weighted by atomic mass is 10.2. The first-order chi connectivity index (χ1) is 14.1. The van der Waals surface area contributed by atoms with Crippen LogP contribution in [0.25, 0.3) is 0 Å². The van der Waals surface area contributed by atoms with E-state index in [2.05, 4.69) is 20.9 Å². The zero-order chi connectivity index (χ0) is 20.6. The molecule has 150 valence electrons. The van der Waals surface area contributed by atoms with Gasteiger partial charge in [0.1, 0.15) is 12.3 Å². The predicted octanol–water partition coefficient (Wildman–Crippen LogP) is 1.83. The Balaban J connectivity index is 1.62. The normalized spacial score (nSPS) is 10.4. The lowest BCUT2D eigenvalue weighted by Crippen LogP contribution is -2.25. The molecule has 0 spiro atoms. The number of ether oxygens (including phenoxy) is 1. The van der Waals surface area contributed by atoms with Crippen molar-refractivity contribution < 1.29 is 14.3 Å². The van der Waals surface area contributed by atoms with E-state index >= 15 is 0 Å². The van der Waals surface area contributed by atoms with Crippen LogP contribution in [-0.2, 0) is 17.9 Å². The molecule has 2 aromatic carbocycles. The van der Waals surface area contributed by atoms with Crippen molar-refractivity contribution in [2.24, 2.45) is 0 Å². The van der Waals surface area contributed by atoms with Crippen molar-refractivity contribution in [3.05, 3.63) is 65.9 Å². The highest BCUT2D eigenvalue weighted by atomic mass is 16.5. The fourth-order valence-corrected chi connectivity index (χ4v) is 2.64. The topological polar surface area (TPSA) is 124 Å². The Kier molecular flexibility index (Phi) is 6.41. The Hall–Kier alpha value is -3.88. The van der Waals surface area contributed by atoms with Gasteiger partial charge < -0.3 is 21.1 Å². The lowest BCUT2D eigenvalue weighted by molar-refractivity contribution is -0.116. The van der Waals surface area contributed by atoms with Crippen LogP contribution in [0.5, 0.6) is 5.75 Å². The van der Waals surface area contributed by atoms with Crippen molar-refractivity contribution in [3.8, 4) is 5.75 Å². The molecular formula is C20H22N6O3. The van der Waals surface area contributed by atoms with Gasteiger partial charge in [0.2, 0.25) is 5.91 Å². The van der Waals surface area contributed by atoms with E-state index in [0.29, 0.717) is 24.6 Å². The number of rotatable bonds is 8. The zero-order valence-electron chi connectivity index (χ0n) is 16.0. The summed E-state index contributed by atoms with van der Waals surface area (Å²) in [5.41, 5.74) is 7.42. The van der Waals surface area contributed by atoms with E-state index in [9.17, 15) is 9.59 Å². The molecule has 0 saturated carbocycles. The molecule has 29 heavy (non-hydrogen) atoms. The standard InChI is InChI=1S/C20H22N6O3/c1-2-29-16-11-7-6-10-15(16)23-17(27)13-26-19(21)18(24-25-26)20(28)22-12-14-8-4-3-5-9-14/h3-11H,2,12-13,21H2,1H3,(H,22,28)(H,23,27). The van der Waals surface area contributed by atoms with Crippen LogP contribution < -0.4 is 21.1 Å². The third-order valence-electron chi connectivity index (χ3n) is 4.04. The number of nitrogens with two attached hydrogens (primary N) is 1. The lowest BCUT2D eigenvalue weighted by Gasteiger charge is -2.11. The molecule has 0 fully saturated rings. The number of benzene rings is 2. The van der Waals surface area contributed by atoms with Gasteiger partial charge in [-0.1, -0.05) is 47.7 Å². The van der Waals surface area contributed by atoms with E-state index in [1.165, 1.54) is 4.68 Å². The van der Waals surface area contributed by atoms with Crippen molar-refractivity contribution in [2.45, 2.75) is 20.0 Å². The van der Waals surface area contributed by atoms with Gasteiger partial charge in [-0.05, 0) is 24.6 Å². The van der Waals surface area contributed by atoms with Gasteiger partial charge in [-0.25, -0.2) is 4.68 Å². The maximum atomic E-state index is 12.4. The molecule has 0 bridgehead atoms. The van der Waals surface area contributed by atoms with E-state index < -0.39 is 5.91 Å². The van der Waals surface area contributed by atoms with Gasteiger partial charge in [0.05, 0.1) is 12.3 Å². The van der Waals surface area contributed by atoms with E-state index in [1.54, 1.807) is 18.2 Å². The summed E-state index contributed by atoms with van der Waals surface area (Å²) in [6, 6.07) is 16.5. The average Bonchev–Trinajstić information content (AvgIpc) is 3.09. The molecular weight excluding hydrogens is 372 g/mol.